The van der Waals surface area contributed by atoms with Crippen molar-refractivity contribution < 1.29 is 22.3 Å². The Balaban J connectivity index is 2.38. The normalized spacial score (nSPS) is 19.2. The molecule has 1 atom stereocenters. The summed E-state index contributed by atoms with van der Waals surface area (Å²) < 4.78 is 56.6. The molecule has 0 saturated carbocycles. The lowest BCUT2D eigenvalue weighted by molar-refractivity contribution is -0.144. The van der Waals surface area contributed by atoms with Crippen LogP contribution < -0.4 is 10.5 Å². The van der Waals surface area contributed by atoms with E-state index in [1.54, 1.807) is 0 Å². The average Bonchev–Trinajstić information content (AvgIpc) is 2.64. The van der Waals surface area contributed by atoms with Gasteiger partial charge < -0.3 is 10.5 Å². The molecule has 1 unspecified atom stereocenters. The highest BCUT2D eigenvalue weighted by atomic mass is 19.3. The highest BCUT2D eigenvalue weighted by molar-refractivity contribution is 5.46. The van der Waals surface area contributed by atoms with Gasteiger partial charge >= 0.3 is 12.3 Å². The van der Waals surface area contributed by atoms with Crippen molar-refractivity contribution in [3.63, 3.8) is 0 Å². The molecule has 0 spiro atoms. The highest BCUT2D eigenvalue weighted by Gasteiger charge is 2.48. The van der Waals surface area contributed by atoms with Crippen LogP contribution >= 0.6 is 0 Å². The lowest BCUT2D eigenvalue weighted by Gasteiger charge is -2.24. The van der Waals surface area contributed by atoms with Crippen molar-refractivity contribution in [2.75, 3.05) is 6.61 Å². The molecule has 2 nitrogen and oxygen atoms in total. The topological polar surface area (TPSA) is 35.2 Å². The Bertz CT molecular complexity index is 488. The van der Waals surface area contributed by atoms with E-state index in [-0.39, 0.29) is 11.0 Å². The van der Waals surface area contributed by atoms with Crippen LogP contribution in [0.15, 0.2) is 18.2 Å². The minimum atomic E-state index is -4.25. The van der Waals surface area contributed by atoms with E-state index in [1.807, 2.05) is 13.8 Å². The Morgan fingerprint density at radius 3 is 2.53 bits per heavy atom. The zero-order chi connectivity index (χ0) is 14.4. The zero-order valence-corrected chi connectivity index (χ0v) is 10.6. The lowest BCUT2D eigenvalue weighted by Crippen LogP contribution is -2.39. The third-order valence-electron chi connectivity index (χ3n) is 3.39. The summed E-state index contributed by atoms with van der Waals surface area (Å²) in [5.41, 5.74) is 5.65. The first-order valence-corrected chi connectivity index (χ1v) is 5.85. The molecule has 1 aliphatic heterocycles. The molecule has 19 heavy (non-hydrogen) atoms. The number of nitrogens with two attached hydrogens (primary N) is 1. The number of rotatable bonds is 3. The second kappa shape index (κ2) is 4.37. The smallest absolute Gasteiger partial charge is 0.326 e. The molecule has 106 valence electrons. The van der Waals surface area contributed by atoms with Gasteiger partial charge in [0.15, 0.2) is 0 Å². The van der Waals surface area contributed by atoms with Gasteiger partial charge in [-0.25, -0.2) is 8.78 Å². The van der Waals surface area contributed by atoms with Gasteiger partial charge in [0.1, 0.15) is 11.8 Å². The standard InChI is InChI=1S/C13H15F4NO/c1-12(2)6-19-9-4-3-7(5-8(9)12)10(18)13(16,17)11(14)15/h3-5,10-11H,6,18H2,1-2H3. The predicted molar refractivity (Wildman–Crippen MR) is 62.8 cm³/mol. The molecular formula is C13H15F4NO. The van der Waals surface area contributed by atoms with Crippen LogP contribution in [0.5, 0.6) is 5.75 Å². The van der Waals surface area contributed by atoms with Gasteiger partial charge in [-0.15, -0.1) is 0 Å². The van der Waals surface area contributed by atoms with E-state index in [9.17, 15) is 17.6 Å². The van der Waals surface area contributed by atoms with Crippen LogP contribution in [0.2, 0.25) is 0 Å². The van der Waals surface area contributed by atoms with Gasteiger partial charge in [-0.3, -0.25) is 0 Å². The van der Waals surface area contributed by atoms with E-state index in [4.69, 9.17) is 10.5 Å². The summed E-state index contributed by atoms with van der Waals surface area (Å²) in [6.45, 7) is 4.20. The number of fused-ring (bicyclic) bond motifs is 1. The molecule has 0 aliphatic carbocycles. The van der Waals surface area contributed by atoms with Crippen molar-refractivity contribution in [2.45, 2.75) is 37.7 Å². The van der Waals surface area contributed by atoms with Gasteiger partial charge in [0, 0.05) is 11.0 Å². The van der Waals surface area contributed by atoms with Crippen LogP contribution in [-0.4, -0.2) is 19.0 Å². The van der Waals surface area contributed by atoms with Crippen molar-refractivity contribution in [1.82, 2.24) is 0 Å². The summed E-state index contributed by atoms with van der Waals surface area (Å²) in [6, 6.07) is 2.21. The van der Waals surface area contributed by atoms with Gasteiger partial charge in [-0.05, 0) is 17.7 Å². The molecule has 0 aromatic heterocycles. The minimum Gasteiger partial charge on any atom is -0.492 e. The second-order valence-electron chi connectivity index (χ2n) is 5.38. The molecule has 0 amide bonds. The number of hydrogen-bond acceptors (Lipinski definition) is 2. The van der Waals surface area contributed by atoms with Crippen LogP contribution in [0.1, 0.15) is 31.0 Å². The summed E-state index contributed by atoms with van der Waals surface area (Å²) in [6.07, 6.45) is -3.79. The van der Waals surface area contributed by atoms with Crippen LogP contribution in [0.3, 0.4) is 0 Å². The molecule has 0 saturated heterocycles. The Hall–Kier alpha value is -1.30. The summed E-state index contributed by atoms with van der Waals surface area (Å²) in [7, 11) is 0. The molecule has 0 fully saturated rings. The Labute approximate surface area is 108 Å². The fourth-order valence-corrected chi connectivity index (χ4v) is 2.09. The first-order chi connectivity index (χ1) is 8.66. The first-order valence-electron chi connectivity index (χ1n) is 5.85. The van der Waals surface area contributed by atoms with Crippen LogP contribution in [0, 0.1) is 0 Å². The summed E-state index contributed by atoms with van der Waals surface area (Å²) in [4.78, 5) is 0. The maximum atomic E-state index is 13.3. The number of hydrogen-bond donors (Lipinski definition) is 1. The molecule has 0 bridgehead atoms. The monoisotopic (exact) mass is 277 g/mol. The third kappa shape index (κ3) is 2.29. The maximum Gasteiger partial charge on any atom is 0.326 e. The van der Waals surface area contributed by atoms with E-state index < -0.39 is 18.4 Å². The van der Waals surface area contributed by atoms with E-state index in [0.29, 0.717) is 17.9 Å². The van der Waals surface area contributed by atoms with E-state index >= 15 is 0 Å². The fraction of sp³-hybridized carbons (Fsp3) is 0.538. The third-order valence-corrected chi connectivity index (χ3v) is 3.39. The highest BCUT2D eigenvalue weighted by Crippen LogP contribution is 2.42. The van der Waals surface area contributed by atoms with Crippen molar-refractivity contribution >= 4 is 0 Å². The zero-order valence-electron chi connectivity index (χ0n) is 10.6. The molecule has 1 aromatic carbocycles. The van der Waals surface area contributed by atoms with Crippen LogP contribution in [0.4, 0.5) is 17.6 Å². The minimum absolute atomic E-state index is 0.0115. The Morgan fingerprint density at radius 1 is 1.32 bits per heavy atom. The summed E-state index contributed by atoms with van der Waals surface area (Å²) >= 11 is 0. The number of halogens is 4. The predicted octanol–water partition coefficient (Wildman–Crippen LogP) is 3.26. The number of benzene rings is 1. The van der Waals surface area contributed by atoms with Crippen molar-refractivity contribution in [1.29, 1.82) is 0 Å². The second-order valence-corrected chi connectivity index (χ2v) is 5.38. The summed E-state index contributed by atoms with van der Waals surface area (Å²) in [5, 5.41) is 0. The molecule has 2 rings (SSSR count). The van der Waals surface area contributed by atoms with Gasteiger partial charge in [-0.1, -0.05) is 19.9 Å². The molecule has 6 heteroatoms. The van der Waals surface area contributed by atoms with Crippen LogP contribution in [0.25, 0.3) is 0 Å². The van der Waals surface area contributed by atoms with Crippen molar-refractivity contribution in [2.24, 2.45) is 5.73 Å². The molecule has 1 heterocycles. The van der Waals surface area contributed by atoms with Gasteiger partial charge in [0.25, 0.3) is 0 Å². The molecule has 0 radical (unpaired) electrons. The Morgan fingerprint density at radius 2 is 1.95 bits per heavy atom. The molecule has 1 aromatic rings. The molecule has 2 N–H and O–H groups in total. The first kappa shape index (κ1) is 14.1. The number of alkyl halides is 4. The maximum absolute atomic E-state index is 13.3. The SMILES string of the molecule is CC1(C)COc2ccc(C(N)C(F)(F)C(F)F)cc21. The molecule has 1 aliphatic rings. The fourth-order valence-electron chi connectivity index (χ4n) is 2.09. The molecular weight excluding hydrogens is 262 g/mol. The van der Waals surface area contributed by atoms with Crippen molar-refractivity contribution in [3.05, 3.63) is 29.3 Å². The number of ether oxygens (including phenoxy) is 1. The van der Waals surface area contributed by atoms with E-state index in [2.05, 4.69) is 0 Å². The van der Waals surface area contributed by atoms with E-state index in [1.165, 1.54) is 18.2 Å². The van der Waals surface area contributed by atoms with Crippen LogP contribution in [-0.2, 0) is 5.41 Å². The van der Waals surface area contributed by atoms with E-state index in [0.717, 1.165) is 0 Å². The van der Waals surface area contributed by atoms with Gasteiger partial charge in [0.05, 0.1) is 6.61 Å². The largest absolute Gasteiger partial charge is 0.492 e. The van der Waals surface area contributed by atoms with Gasteiger partial charge in [-0.2, -0.15) is 8.78 Å². The lowest BCUT2D eigenvalue weighted by atomic mass is 9.85. The quantitative estimate of drug-likeness (QED) is 0.861. The Kier molecular flexibility index (Phi) is 3.24. The van der Waals surface area contributed by atoms with Crippen molar-refractivity contribution in [3.8, 4) is 5.75 Å². The average molecular weight is 277 g/mol. The van der Waals surface area contributed by atoms with Gasteiger partial charge in [0.2, 0.25) is 0 Å². The summed E-state index contributed by atoms with van der Waals surface area (Å²) in [5.74, 6) is -3.67.